The normalized spacial score (nSPS) is 18.0. The number of aromatic nitrogens is 2. The van der Waals surface area contributed by atoms with Crippen molar-refractivity contribution in [3.63, 3.8) is 0 Å². The summed E-state index contributed by atoms with van der Waals surface area (Å²) in [5.74, 6) is -4.25. The van der Waals surface area contributed by atoms with Crippen LogP contribution in [-0.2, 0) is 54.6 Å². The zero-order valence-electron chi connectivity index (χ0n) is 31.0. The molecular weight excluding hydrogens is 690 g/mol. The Kier molecular flexibility index (Phi) is 13.6. The minimum absolute atomic E-state index is 0.00859. The average molecular weight is 742 g/mol. The number of nitrogens with one attached hydrogen (secondary N) is 5. The first-order valence-electron chi connectivity index (χ1n) is 18.7. The van der Waals surface area contributed by atoms with Crippen molar-refractivity contribution in [2.75, 3.05) is 0 Å². The second-order valence-corrected chi connectivity index (χ2v) is 14.7. The molecule has 1 aliphatic carbocycles. The highest BCUT2D eigenvalue weighted by Crippen LogP contribution is 2.28. The van der Waals surface area contributed by atoms with Crippen LogP contribution in [0.5, 0.6) is 0 Å². The van der Waals surface area contributed by atoms with E-state index in [1.807, 2.05) is 30.3 Å². The van der Waals surface area contributed by atoms with E-state index in [-0.39, 0.29) is 43.6 Å². The first-order chi connectivity index (χ1) is 25.9. The Morgan fingerprint density at radius 2 is 1.52 bits per heavy atom. The maximum Gasteiger partial charge on any atom is 0.326 e. The molecule has 1 saturated carbocycles. The quantitative estimate of drug-likeness (QED) is 0.136. The number of rotatable bonds is 15. The Morgan fingerprint density at radius 3 is 2.15 bits per heavy atom. The number of aromatic amines is 1. The van der Waals surface area contributed by atoms with E-state index in [1.165, 1.54) is 18.2 Å². The van der Waals surface area contributed by atoms with Crippen LogP contribution in [0.1, 0.15) is 75.3 Å². The number of amides is 5. The summed E-state index contributed by atoms with van der Waals surface area (Å²) >= 11 is 0. The highest BCUT2D eigenvalue weighted by molar-refractivity contribution is 5.96. The highest BCUT2D eigenvalue weighted by Gasteiger charge is 2.41. The second kappa shape index (κ2) is 18.5. The Hall–Kier alpha value is -5.53. The molecule has 1 fully saturated rings. The summed E-state index contributed by atoms with van der Waals surface area (Å²) < 4.78 is 0. The minimum atomic E-state index is -1.25. The zero-order chi connectivity index (χ0) is 38.8. The van der Waals surface area contributed by atoms with Gasteiger partial charge in [-0.15, -0.1) is 0 Å². The number of hydrogen-bond acceptors (Lipinski definition) is 7. The Labute approximate surface area is 315 Å². The molecule has 5 atom stereocenters. The molecule has 1 aromatic heterocycles. The second-order valence-electron chi connectivity index (χ2n) is 14.7. The number of carboxylic acid groups (broad SMARTS) is 1. The standard InChI is InChI=1S/C40H51N7O7/c1-24(2)34(43-25(3)48)37(50)46-35(27-14-8-5-9-15-27)38(51)44-31(20-30-21-41-23-42-30)39(52)47-22-29-17-11-10-16-28(29)19-33(47)36(49)45-32(40(53)54)18-26-12-6-4-7-13-26/h4,6-7,10-13,16-17,21,23-24,27,31-35H,5,8-9,14-15,18-20,22H2,1-3H3,(H,41,42)(H,43,48)(H,44,51)(H,45,49)(H,46,50)(H,53,54)/t31-,32-,33-,34-,35?/m0/s1. The van der Waals surface area contributed by atoms with E-state index in [1.54, 1.807) is 44.3 Å². The molecule has 3 aromatic rings. The number of carbonyl (C=O) groups excluding carboxylic acids is 5. The lowest BCUT2D eigenvalue weighted by atomic mass is 9.83. The molecule has 2 aromatic carbocycles. The van der Waals surface area contributed by atoms with E-state index in [2.05, 4.69) is 31.2 Å². The van der Waals surface area contributed by atoms with E-state index >= 15 is 0 Å². The van der Waals surface area contributed by atoms with E-state index in [0.29, 0.717) is 18.5 Å². The van der Waals surface area contributed by atoms with Crippen molar-refractivity contribution >= 4 is 35.5 Å². The van der Waals surface area contributed by atoms with Crippen LogP contribution >= 0.6 is 0 Å². The summed E-state index contributed by atoms with van der Waals surface area (Å²) in [7, 11) is 0. The summed E-state index contributed by atoms with van der Waals surface area (Å²) in [5.41, 5.74) is 2.96. The number of carbonyl (C=O) groups is 6. The number of aliphatic carboxylic acids is 1. The monoisotopic (exact) mass is 741 g/mol. The Bertz CT molecular complexity index is 1780. The van der Waals surface area contributed by atoms with Gasteiger partial charge in [-0.05, 0) is 41.4 Å². The topological polar surface area (TPSA) is 203 Å². The lowest BCUT2D eigenvalue weighted by Gasteiger charge is -2.39. The van der Waals surface area contributed by atoms with Crippen LogP contribution in [0.2, 0.25) is 0 Å². The SMILES string of the molecule is CC(=O)N[C@H](C(=O)NC(C(=O)N[C@@H](Cc1cnc[nH]1)C(=O)N1Cc2ccccc2C[C@H]1C(=O)N[C@@H](Cc1ccccc1)C(=O)O)C1CCCCC1)C(C)C. The van der Waals surface area contributed by atoms with Gasteiger partial charge in [-0.3, -0.25) is 24.0 Å². The van der Waals surface area contributed by atoms with Gasteiger partial charge in [0.05, 0.1) is 6.33 Å². The number of H-pyrrole nitrogens is 1. The van der Waals surface area contributed by atoms with Crippen LogP contribution in [0.25, 0.3) is 0 Å². The molecule has 14 heteroatoms. The van der Waals surface area contributed by atoms with Crippen molar-refractivity contribution in [1.29, 1.82) is 0 Å². The maximum absolute atomic E-state index is 14.8. The van der Waals surface area contributed by atoms with Crippen molar-refractivity contribution in [2.45, 2.75) is 109 Å². The molecule has 6 N–H and O–H groups in total. The molecule has 1 unspecified atom stereocenters. The fraction of sp³-hybridized carbons (Fsp3) is 0.475. The summed E-state index contributed by atoms with van der Waals surface area (Å²) in [6.45, 7) is 4.99. The number of fused-ring (bicyclic) bond motifs is 1. The summed E-state index contributed by atoms with van der Waals surface area (Å²) in [6.07, 6.45) is 7.36. The van der Waals surface area contributed by atoms with Crippen LogP contribution in [-0.4, -0.2) is 85.7 Å². The van der Waals surface area contributed by atoms with E-state index < -0.39 is 59.8 Å². The fourth-order valence-corrected chi connectivity index (χ4v) is 7.45. The van der Waals surface area contributed by atoms with Gasteiger partial charge in [0.15, 0.2) is 0 Å². The number of benzene rings is 2. The van der Waals surface area contributed by atoms with Gasteiger partial charge < -0.3 is 36.3 Å². The third kappa shape index (κ3) is 10.3. The van der Waals surface area contributed by atoms with Gasteiger partial charge in [0.2, 0.25) is 29.5 Å². The fourth-order valence-electron chi connectivity index (χ4n) is 7.45. The lowest BCUT2D eigenvalue weighted by molar-refractivity contribution is -0.147. The maximum atomic E-state index is 14.8. The molecular formula is C40H51N7O7. The molecule has 2 heterocycles. The van der Waals surface area contributed by atoms with Gasteiger partial charge in [0.25, 0.3) is 0 Å². The first-order valence-corrected chi connectivity index (χ1v) is 18.7. The highest BCUT2D eigenvalue weighted by atomic mass is 16.4. The van der Waals surface area contributed by atoms with Crippen LogP contribution in [0.15, 0.2) is 67.1 Å². The third-order valence-electron chi connectivity index (χ3n) is 10.3. The van der Waals surface area contributed by atoms with Crippen LogP contribution in [0.3, 0.4) is 0 Å². The zero-order valence-corrected chi connectivity index (χ0v) is 31.0. The molecule has 0 saturated heterocycles. The van der Waals surface area contributed by atoms with Crippen molar-refractivity contribution in [3.05, 3.63) is 89.5 Å². The van der Waals surface area contributed by atoms with Crippen LogP contribution in [0, 0.1) is 11.8 Å². The Morgan fingerprint density at radius 1 is 0.833 bits per heavy atom. The van der Waals surface area contributed by atoms with E-state index in [9.17, 15) is 33.9 Å². The molecule has 2 aliphatic rings. The predicted molar refractivity (Wildman–Crippen MR) is 199 cm³/mol. The molecule has 5 rings (SSSR count). The van der Waals surface area contributed by atoms with Crippen molar-refractivity contribution in [1.82, 2.24) is 36.1 Å². The van der Waals surface area contributed by atoms with Crippen molar-refractivity contribution < 1.29 is 33.9 Å². The van der Waals surface area contributed by atoms with Gasteiger partial charge in [0, 0.05) is 44.6 Å². The van der Waals surface area contributed by atoms with Gasteiger partial charge >= 0.3 is 5.97 Å². The minimum Gasteiger partial charge on any atom is -0.480 e. The number of nitrogens with zero attached hydrogens (tertiary/aromatic N) is 2. The van der Waals surface area contributed by atoms with Crippen molar-refractivity contribution in [2.24, 2.45) is 11.8 Å². The average Bonchev–Trinajstić information content (AvgIpc) is 3.68. The van der Waals surface area contributed by atoms with Crippen LogP contribution in [0.4, 0.5) is 0 Å². The van der Waals surface area contributed by atoms with Gasteiger partial charge in [-0.2, -0.15) is 0 Å². The van der Waals surface area contributed by atoms with Gasteiger partial charge in [-0.25, -0.2) is 9.78 Å². The molecule has 0 spiro atoms. The van der Waals surface area contributed by atoms with Crippen molar-refractivity contribution in [3.8, 4) is 0 Å². The smallest absolute Gasteiger partial charge is 0.326 e. The van der Waals surface area contributed by atoms with E-state index in [4.69, 9.17) is 0 Å². The summed E-state index contributed by atoms with van der Waals surface area (Å²) in [5, 5.41) is 21.3. The third-order valence-corrected chi connectivity index (χ3v) is 10.3. The molecule has 288 valence electrons. The molecule has 5 amide bonds. The number of hydrogen-bond donors (Lipinski definition) is 6. The van der Waals surface area contributed by atoms with Gasteiger partial charge in [-0.1, -0.05) is 87.7 Å². The summed E-state index contributed by atoms with van der Waals surface area (Å²) in [4.78, 5) is 89.6. The Balaban J connectivity index is 1.44. The molecule has 14 nitrogen and oxygen atoms in total. The molecule has 0 bridgehead atoms. The van der Waals surface area contributed by atoms with E-state index in [0.717, 1.165) is 36.0 Å². The number of imidazole rings is 1. The van der Waals surface area contributed by atoms with Gasteiger partial charge in [0.1, 0.15) is 30.2 Å². The molecule has 54 heavy (non-hydrogen) atoms. The number of carboxylic acids is 1. The van der Waals surface area contributed by atoms with Crippen LogP contribution < -0.4 is 21.3 Å². The lowest BCUT2D eigenvalue weighted by Crippen LogP contribution is -2.62. The largest absolute Gasteiger partial charge is 0.480 e. The molecule has 0 radical (unpaired) electrons. The summed E-state index contributed by atoms with van der Waals surface area (Å²) in [6, 6.07) is 11.0. The molecule has 1 aliphatic heterocycles. The predicted octanol–water partition coefficient (Wildman–Crippen LogP) is 2.43. The first kappa shape index (κ1) is 39.7.